The maximum atomic E-state index is 5.40. The summed E-state index contributed by atoms with van der Waals surface area (Å²) < 4.78 is 5.40. The predicted octanol–water partition coefficient (Wildman–Crippen LogP) is 2.13. The zero-order valence-corrected chi connectivity index (χ0v) is 11.2. The lowest BCUT2D eigenvalue weighted by Gasteiger charge is -2.10. The van der Waals surface area contributed by atoms with E-state index in [-0.39, 0.29) is 0 Å². The van der Waals surface area contributed by atoms with Crippen LogP contribution in [0.4, 0.5) is 0 Å². The third-order valence-electron chi connectivity index (χ3n) is 2.52. The molecule has 0 aliphatic heterocycles. The Bertz CT molecular complexity index is 296. The first-order valence-corrected chi connectivity index (χ1v) is 6.29. The topological polar surface area (TPSA) is 24.5 Å². The molecule has 0 spiro atoms. The molecule has 1 rings (SSSR count). The number of nitrogens with zero attached hydrogens (tertiary/aromatic N) is 1. The Morgan fingerprint density at radius 3 is 2.47 bits per heavy atom. The largest absolute Gasteiger partial charge is 0.494 e. The van der Waals surface area contributed by atoms with Crippen LogP contribution in [0.25, 0.3) is 0 Å². The molecule has 1 aromatic carbocycles. The van der Waals surface area contributed by atoms with Crippen molar-refractivity contribution < 1.29 is 4.74 Å². The summed E-state index contributed by atoms with van der Waals surface area (Å²) in [6, 6.07) is 8.29. The minimum Gasteiger partial charge on any atom is -0.494 e. The van der Waals surface area contributed by atoms with Gasteiger partial charge < -0.3 is 15.0 Å². The Labute approximate surface area is 105 Å². The van der Waals surface area contributed by atoms with E-state index in [0.717, 1.165) is 32.0 Å². The molecule has 0 fully saturated rings. The molecule has 0 bridgehead atoms. The molecule has 0 aliphatic rings. The number of nitrogens with one attached hydrogen (secondary N) is 1. The molecule has 3 heteroatoms. The highest BCUT2D eigenvalue weighted by Crippen LogP contribution is 2.11. The molecule has 0 saturated carbocycles. The van der Waals surface area contributed by atoms with Crippen molar-refractivity contribution in [1.82, 2.24) is 10.2 Å². The van der Waals surface area contributed by atoms with E-state index in [1.165, 1.54) is 12.0 Å². The Hall–Kier alpha value is -1.06. The molecule has 1 N–H and O–H groups in total. The molecule has 3 nitrogen and oxygen atoms in total. The summed E-state index contributed by atoms with van der Waals surface area (Å²) in [6.07, 6.45) is 1.18. The van der Waals surface area contributed by atoms with E-state index in [0.29, 0.717) is 0 Å². The molecular weight excluding hydrogens is 212 g/mol. The van der Waals surface area contributed by atoms with Crippen molar-refractivity contribution in [1.29, 1.82) is 0 Å². The van der Waals surface area contributed by atoms with Gasteiger partial charge in [-0.1, -0.05) is 12.1 Å². The SMILES string of the molecule is CCOc1ccc(CNCCCN(C)C)cc1. The van der Waals surface area contributed by atoms with Gasteiger partial charge in [0.25, 0.3) is 0 Å². The second-order valence-corrected chi connectivity index (χ2v) is 4.41. The Kier molecular flexibility index (Phi) is 6.67. The van der Waals surface area contributed by atoms with Crippen molar-refractivity contribution in [2.75, 3.05) is 33.8 Å². The summed E-state index contributed by atoms with van der Waals surface area (Å²) in [4.78, 5) is 2.21. The first kappa shape index (κ1) is 14.0. The number of rotatable bonds is 8. The van der Waals surface area contributed by atoms with E-state index in [1.807, 2.05) is 19.1 Å². The fourth-order valence-electron chi connectivity index (χ4n) is 1.62. The van der Waals surface area contributed by atoms with Gasteiger partial charge in [0.2, 0.25) is 0 Å². The lowest BCUT2D eigenvalue weighted by atomic mass is 10.2. The van der Waals surface area contributed by atoms with E-state index in [9.17, 15) is 0 Å². The first-order valence-electron chi connectivity index (χ1n) is 6.29. The molecule has 0 heterocycles. The van der Waals surface area contributed by atoms with Crippen molar-refractivity contribution in [3.63, 3.8) is 0 Å². The zero-order valence-electron chi connectivity index (χ0n) is 11.2. The lowest BCUT2D eigenvalue weighted by Crippen LogP contribution is -2.20. The quantitative estimate of drug-likeness (QED) is 0.700. The van der Waals surface area contributed by atoms with E-state index < -0.39 is 0 Å². The third-order valence-corrected chi connectivity index (χ3v) is 2.52. The fraction of sp³-hybridized carbons (Fsp3) is 0.571. The van der Waals surface area contributed by atoms with Crippen LogP contribution < -0.4 is 10.1 Å². The molecule has 0 amide bonds. The van der Waals surface area contributed by atoms with Gasteiger partial charge >= 0.3 is 0 Å². The van der Waals surface area contributed by atoms with Crippen molar-refractivity contribution in [3.05, 3.63) is 29.8 Å². The highest BCUT2D eigenvalue weighted by Gasteiger charge is 1.95. The van der Waals surface area contributed by atoms with Crippen molar-refractivity contribution >= 4 is 0 Å². The Balaban J connectivity index is 2.18. The van der Waals surface area contributed by atoms with E-state index in [4.69, 9.17) is 4.74 Å². The van der Waals surface area contributed by atoms with Crippen LogP contribution in [0.1, 0.15) is 18.9 Å². The van der Waals surface area contributed by atoms with Gasteiger partial charge in [-0.25, -0.2) is 0 Å². The van der Waals surface area contributed by atoms with Crippen molar-refractivity contribution in [2.24, 2.45) is 0 Å². The van der Waals surface area contributed by atoms with Gasteiger partial charge in [0.1, 0.15) is 5.75 Å². The molecule has 0 atom stereocenters. The first-order chi connectivity index (χ1) is 8.22. The molecule has 0 unspecified atom stereocenters. The standard InChI is InChI=1S/C14H24N2O/c1-4-17-14-8-6-13(7-9-14)12-15-10-5-11-16(2)3/h6-9,15H,4-5,10-12H2,1-3H3. The van der Waals surface area contributed by atoms with Crippen LogP contribution in [0.3, 0.4) is 0 Å². The van der Waals surface area contributed by atoms with Gasteiger partial charge in [-0.2, -0.15) is 0 Å². The molecule has 0 saturated heterocycles. The number of benzene rings is 1. The average Bonchev–Trinajstić information content (AvgIpc) is 2.31. The summed E-state index contributed by atoms with van der Waals surface area (Å²) in [5.74, 6) is 0.948. The van der Waals surface area contributed by atoms with Crippen LogP contribution >= 0.6 is 0 Å². The monoisotopic (exact) mass is 236 g/mol. The predicted molar refractivity (Wildman–Crippen MR) is 72.5 cm³/mol. The zero-order chi connectivity index (χ0) is 12.5. The third kappa shape index (κ3) is 6.29. The highest BCUT2D eigenvalue weighted by molar-refractivity contribution is 5.27. The molecule has 1 aromatic rings. The summed E-state index contributed by atoms with van der Waals surface area (Å²) in [5, 5.41) is 3.44. The van der Waals surface area contributed by atoms with Crippen LogP contribution in [0, 0.1) is 0 Å². The van der Waals surface area contributed by atoms with Gasteiger partial charge in [0.15, 0.2) is 0 Å². The van der Waals surface area contributed by atoms with Crippen molar-refractivity contribution in [3.8, 4) is 5.75 Å². The maximum Gasteiger partial charge on any atom is 0.119 e. The molecule has 17 heavy (non-hydrogen) atoms. The van der Waals surface area contributed by atoms with E-state index in [2.05, 4.69) is 36.4 Å². The van der Waals surface area contributed by atoms with Crippen LogP contribution in [-0.2, 0) is 6.54 Å². The molecular formula is C14H24N2O. The highest BCUT2D eigenvalue weighted by atomic mass is 16.5. The fourth-order valence-corrected chi connectivity index (χ4v) is 1.62. The van der Waals surface area contributed by atoms with Gasteiger partial charge in [-0.3, -0.25) is 0 Å². The van der Waals surface area contributed by atoms with Crippen LogP contribution in [-0.4, -0.2) is 38.7 Å². The Morgan fingerprint density at radius 1 is 1.18 bits per heavy atom. The Morgan fingerprint density at radius 2 is 1.88 bits per heavy atom. The van der Waals surface area contributed by atoms with Crippen molar-refractivity contribution in [2.45, 2.75) is 19.9 Å². The second kappa shape index (κ2) is 8.09. The average molecular weight is 236 g/mol. The molecule has 96 valence electrons. The molecule has 0 aromatic heterocycles. The maximum absolute atomic E-state index is 5.40. The summed E-state index contributed by atoms with van der Waals surface area (Å²) >= 11 is 0. The lowest BCUT2D eigenvalue weighted by molar-refractivity contribution is 0.340. The summed E-state index contributed by atoms with van der Waals surface area (Å²) in [5.41, 5.74) is 1.30. The summed E-state index contributed by atoms with van der Waals surface area (Å²) in [6.45, 7) is 5.85. The number of hydrogen-bond acceptors (Lipinski definition) is 3. The van der Waals surface area contributed by atoms with Gasteiger partial charge in [-0.15, -0.1) is 0 Å². The smallest absolute Gasteiger partial charge is 0.119 e. The summed E-state index contributed by atoms with van der Waals surface area (Å²) in [7, 11) is 4.21. The van der Waals surface area contributed by atoms with Gasteiger partial charge in [0, 0.05) is 6.54 Å². The second-order valence-electron chi connectivity index (χ2n) is 4.41. The van der Waals surface area contributed by atoms with E-state index in [1.54, 1.807) is 0 Å². The van der Waals surface area contributed by atoms with Crippen LogP contribution in [0.15, 0.2) is 24.3 Å². The van der Waals surface area contributed by atoms with Crippen LogP contribution in [0.2, 0.25) is 0 Å². The van der Waals surface area contributed by atoms with E-state index >= 15 is 0 Å². The molecule has 0 aliphatic carbocycles. The minimum absolute atomic E-state index is 0.724. The van der Waals surface area contributed by atoms with Crippen LogP contribution in [0.5, 0.6) is 5.75 Å². The van der Waals surface area contributed by atoms with Gasteiger partial charge in [-0.05, 0) is 58.2 Å². The number of hydrogen-bond donors (Lipinski definition) is 1. The minimum atomic E-state index is 0.724. The number of ether oxygens (including phenoxy) is 1. The van der Waals surface area contributed by atoms with Gasteiger partial charge in [0.05, 0.1) is 6.61 Å². The normalized spacial score (nSPS) is 10.8. The molecule has 0 radical (unpaired) electrons.